The molecule has 0 spiro atoms. The van der Waals surface area contributed by atoms with E-state index in [1.165, 1.54) is 113 Å². The molecule has 1 aromatic heterocycles. The Balaban J connectivity index is 1.22. The number of hydrogen-bond donors (Lipinski definition) is 0. The Morgan fingerprint density at radius 1 is 0.457 bits per heavy atom. The number of anilines is 6. The molecule has 0 atom stereocenters. The topological polar surface area (TPSA) is 19.6 Å². The van der Waals surface area contributed by atoms with Crippen molar-refractivity contribution in [3.63, 3.8) is 0 Å². The van der Waals surface area contributed by atoms with Gasteiger partial charge in [-0.05, 0) is 193 Å². The van der Waals surface area contributed by atoms with E-state index >= 15 is 0 Å². The van der Waals surface area contributed by atoms with Gasteiger partial charge in [-0.2, -0.15) is 0 Å². The second kappa shape index (κ2) is 14.4. The zero-order chi connectivity index (χ0) is 49.8. The third-order valence-corrected chi connectivity index (χ3v) is 19.2. The molecule has 0 saturated carbocycles. The van der Waals surface area contributed by atoms with Gasteiger partial charge in [-0.15, -0.1) is 0 Å². The van der Waals surface area contributed by atoms with E-state index in [0.29, 0.717) is 0 Å². The molecular formula is C65H74BClN2O. The molecular weight excluding hydrogens is 871 g/mol. The summed E-state index contributed by atoms with van der Waals surface area (Å²) in [6.07, 6.45) is 6.97. The Labute approximate surface area is 424 Å². The first kappa shape index (κ1) is 46.2. The minimum Gasteiger partial charge on any atom is -0.456 e. The van der Waals surface area contributed by atoms with Crippen LogP contribution in [0.1, 0.15) is 187 Å². The number of rotatable bonds is 2. The summed E-state index contributed by atoms with van der Waals surface area (Å²) < 4.78 is 6.95. The second-order valence-corrected chi connectivity index (χ2v) is 28.0. The van der Waals surface area contributed by atoms with Crippen molar-refractivity contribution in [1.82, 2.24) is 0 Å². The second-order valence-electron chi connectivity index (χ2n) is 27.6. The van der Waals surface area contributed by atoms with Gasteiger partial charge in [0.05, 0.1) is 0 Å². The molecule has 3 nitrogen and oxygen atoms in total. The molecule has 3 heterocycles. The van der Waals surface area contributed by atoms with Crippen LogP contribution in [0.5, 0.6) is 0 Å². The van der Waals surface area contributed by atoms with Crippen molar-refractivity contribution in [3.05, 3.63) is 134 Å². The van der Waals surface area contributed by atoms with Crippen LogP contribution in [0.4, 0.5) is 34.1 Å². The molecule has 0 radical (unpaired) electrons. The van der Waals surface area contributed by atoms with Gasteiger partial charge >= 0.3 is 0 Å². The summed E-state index contributed by atoms with van der Waals surface area (Å²) in [6.45, 7) is 38.6. The van der Waals surface area contributed by atoms with Gasteiger partial charge in [0.15, 0.2) is 0 Å². The Hall–Kier alpha value is -4.93. The van der Waals surface area contributed by atoms with E-state index in [2.05, 4.69) is 206 Å². The largest absolute Gasteiger partial charge is 0.456 e. The fourth-order valence-corrected chi connectivity index (χ4v) is 14.2. The third kappa shape index (κ3) is 6.59. The third-order valence-electron chi connectivity index (χ3n) is 19.0. The SMILES string of the molecule is Cc1cc2c(cc1N1c3cc4oc5ccc(C(C)(C)C)cc5c4cc3B3c4cc5c(cc4N(c4ccc6c(c4)C(C)(C)CCC6(C)C)c4cc(Cl)cc1c43)C(C)(C)CCC5(C)C)C(C)(C)CCC2(C)C. The van der Waals surface area contributed by atoms with Gasteiger partial charge in [-0.25, -0.2) is 0 Å². The first-order chi connectivity index (χ1) is 32.6. The van der Waals surface area contributed by atoms with Gasteiger partial charge < -0.3 is 14.2 Å². The van der Waals surface area contributed by atoms with Gasteiger partial charge in [0, 0.05) is 56.0 Å². The monoisotopic (exact) mass is 945 g/mol. The molecule has 0 bridgehead atoms. The van der Waals surface area contributed by atoms with Crippen LogP contribution < -0.4 is 26.2 Å². The molecule has 0 N–H and O–H groups in total. The number of nitrogens with zero attached hydrogens (tertiary/aromatic N) is 2. The quantitative estimate of drug-likeness (QED) is 0.161. The number of furan rings is 1. The summed E-state index contributed by atoms with van der Waals surface area (Å²) in [6, 6.07) is 34.1. The predicted octanol–water partition coefficient (Wildman–Crippen LogP) is 17.0. The maximum Gasteiger partial charge on any atom is 0.252 e. The highest BCUT2D eigenvalue weighted by Crippen LogP contribution is 2.55. The van der Waals surface area contributed by atoms with Gasteiger partial charge in [0.2, 0.25) is 0 Å². The molecule has 0 fully saturated rings. The van der Waals surface area contributed by atoms with Crippen molar-refractivity contribution >= 4 is 90.8 Å². The van der Waals surface area contributed by atoms with E-state index in [-0.39, 0.29) is 44.6 Å². The number of benzene rings is 6. The van der Waals surface area contributed by atoms with E-state index in [1.54, 1.807) is 0 Å². The summed E-state index contributed by atoms with van der Waals surface area (Å²) in [5.74, 6) is 0. The molecule has 3 aliphatic carbocycles. The van der Waals surface area contributed by atoms with E-state index in [0.717, 1.165) is 47.6 Å². The molecule has 360 valence electrons. The summed E-state index contributed by atoms with van der Waals surface area (Å²) in [7, 11) is 0. The smallest absolute Gasteiger partial charge is 0.252 e. The molecule has 5 aliphatic rings. The first-order valence-electron chi connectivity index (χ1n) is 26.5. The zero-order valence-electron chi connectivity index (χ0n) is 45.1. The molecule has 2 aliphatic heterocycles. The Kier molecular flexibility index (Phi) is 9.49. The maximum absolute atomic E-state index is 7.65. The lowest BCUT2D eigenvalue weighted by molar-refractivity contribution is 0.332. The maximum atomic E-state index is 7.65. The highest BCUT2D eigenvalue weighted by Gasteiger charge is 2.48. The molecule has 12 rings (SSSR count). The van der Waals surface area contributed by atoms with E-state index in [4.69, 9.17) is 16.0 Å². The van der Waals surface area contributed by atoms with Gasteiger partial charge in [-0.3, -0.25) is 0 Å². The van der Waals surface area contributed by atoms with E-state index in [1.807, 2.05) is 0 Å². The van der Waals surface area contributed by atoms with Crippen molar-refractivity contribution in [2.24, 2.45) is 0 Å². The predicted molar refractivity (Wildman–Crippen MR) is 302 cm³/mol. The lowest BCUT2D eigenvalue weighted by atomic mass is 9.33. The highest BCUT2D eigenvalue weighted by atomic mass is 35.5. The van der Waals surface area contributed by atoms with Crippen molar-refractivity contribution in [2.45, 2.75) is 187 Å². The minimum atomic E-state index is -0.0626. The number of fused-ring (bicyclic) bond motifs is 10. The normalized spacial score (nSPS) is 20.6. The average Bonchev–Trinajstić information content (AvgIpc) is 3.64. The average molecular weight is 946 g/mol. The van der Waals surface area contributed by atoms with Crippen LogP contribution in [0, 0.1) is 6.92 Å². The fraction of sp³-hybridized carbons (Fsp3) is 0.446. The molecule has 70 heavy (non-hydrogen) atoms. The lowest BCUT2D eigenvalue weighted by Crippen LogP contribution is -2.62. The Morgan fingerprint density at radius 2 is 0.929 bits per heavy atom. The molecule has 6 aromatic carbocycles. The van der Waals surface area contributed by atoms with Crippen molar-refractivity contribution in [2.75, 3.05) is 9.80 Å². The van der Waals surface area contributed by atoms with E-state index < -0.39 is 0 Å². The zero-order valence-corrected chi connectivity index (χ0v) is 45.8. The molecule has 0 unspecified atom stereocenters. The highest BCUT2D eigenvalue weighted by molar-refractivity contribution is 7.00. The lowest BCUT2D eigenvalue weighted by Gasteiger charge is -2.48. The van der Waals surface area contributed by atoms with Gasteiger partial charge in [-0.1, -0.05) is 146 Å². The van der Waals surface area contributed by atoms with Crippen molar-refractivity contribution in [3.8, 4) is 0 Å². The number of hydrogen-bond acceptors (Lipinski definition) is 3. The molecule has 0 saturated heterocycles. The van der Waals surface area contributed by atoms with E-state index in [9.17, 15) is 0 Å². The summed E-state index contributed by atoms with van der Waals surface area (Å²) in [4.78, 5) is 5.21. The summed E-state index contributed by atoms with van der Waals surface area (Å²) >= 11 is 7.65. The van der Waals surface area contributed by atoms with Crippen LogP contribution in [0.3, 0.4) is 0 Å². The number of halogens is 1. The van der Waals surface area contributed by atoms with Crippen molar-refractivity contribution < 1.29 is 4.42 Å². The van der Waals surface area contributed by atoms with Crippen molar-refractivity contribution in [1.29, 1.82) is 0 Å². The van der Waals surface area contributed by atoms with Gasteiger partial charge in [0.25, 0.3) is 6.71 Å². The van der Waals surface area contributed by atoms with Crippen LogP contribution in [0.15, 0.2) is 89.3 Å². The molecule has 0 amide bonds. The Bertz CT molecular complexity index is 3420. The van der Waals surface area contributed by atoms with Crippen LogP contribution in [0.25, 0.3) is 21.9 Å². The van der Waals surface area contributed by atoms with Crippen LogP contribution in [-0.4, -0.2) is 6.71 Å². The molecule has 7 aromatic rings. The van der Waals surface area contributed by atoms with Crippen LogP contribution in [-0.2, 0) is 37.9 Å². The first-order valence-corrected chi connectivity index (χ1v) is 26.9. The van der Waals surface area contributed by atoms with Gasteiger partial charge in [0.1, 0.15) is 11.2 Å². The summed E-state index contributed by atoms with van der Waals surface area (Å²) in [5, 5.41) is 3.09. The van der Waals surface area contributed by atoms with Crippen LogP contribution in [0.2, 0.25) is 5.02 Å². The fourth-order valence-electron chi connectivity index (χ4n) is 14.0. The number of aryl methyl sites for hydroxylation is 1. The standard InChI is InChI=1S/C65H74BClN2O/c1-37-27-44-47(64(13,14)25-23-61(44,7)8)34-51(37)69-53-36-57-42(41-28-38(59(2,3)4)17-20-56(41)70-57)32-49(53)66-50-33-46-48(65(15,16)26-24-63(46,11)12)35-52(50)68(54-29-39(67)30-55(69)58(54)66)40-18-19-43-45(31-40)62(9,10)22-21-60(43,5)6/h17-20,27-36H,21-26H2,1-16H3. The summed E-state index contributed by atoms with van der Waals surface area (Å²) in [5.41, 5.74) is 24.7. The molecule has 5 heteroatoms. The Morgan fingerprint density at radius 3 is 1.51 bits per heavy atom. The van der Waals surface area contributed by atoms with Crippen LogP contribution >= 0.6 is 11.6 Å². The minimum absolute atomic E-state index is 0.00465.